The van der Waals surface area contributed by atoms with Crippen LogP contribution in [-0.2, 0) is 14.8 Å². The summed E-state index contributed by atoms with van der Waals surface area (Å²) in [5.74, 6) is 0. The smallest absolute Gasteiger partial charge is 0.266 e. The van der Waals surface area contributed by atoms with E-state index in [4.69, 9.17) is 46.4 Å². The number of rotatable bonds is 5. The molecule has 0 amide bonds. The van der Waals surface area contributed by atoms with Gasteiger partial charge >= 0.3 is 0 Å². The summed E-state index contributed by atoms with van der Waals surface area (Å²) < 4.78 is 26.9. The van der Waals surface area contributed by atoms with Crippen molar-refractivity contribution in [2.45, 2.75) is 11.8 Å². The summed E-state index contributed by atoms with van der Waals surface area (Å²) in [5.41, 5.74) is 0.714. The van der Waals surface area contributed by atoms with Crippen LogP contribution in [0.2, 0.25) is 15.1 Å². The molecule has 0 aliphatic heterocycles. The lowest BCUT2D eigenvalue weighted by molar-refractivity contribution is -0.110. The van der Waals surface area contributed by atoms with Crippen molar-refractivity contribution in [2.24, 2.45) is 0 Å². The number of hydrogen-bond donors (Lipinski definition) is 0. The minimum Gasteiger partial charge on any atom is -0.279 e. The lowest BCUT2D eigenvalue weighted by Crippen LogP contribution is -2.35. The van der Waals surface area contributed by atoms with Crippen LogP contribution in [0.15, 0.2) is 41.3 Å². The number of hydrogen-bond acceptors (Lipinski definition) is 3. The molecular weight excluding hydrogens is 416 g/mol. The van der Waals surface area contributed by atoms with Crippen molar-refractivity contribution in [3.8, 4) is 0 Å². The highest BCUT2D eigenvalue weighted by Crippen LogP contribution is 2.34. The van der Waals surface area contributed by atoms with Crippen molar-refractivity contribution < 1.29 is 13.2 Å². The van der Waals surface area contributed by atoms with Gasteiger partial charge in [0.2, 0.25) is 5.24 Å². The monoisotopic (exact) mass is 425 g/mol. The lowest BCUT2D eigenvalue weighted by atomic mass is 10.2. The van der Waals surface area contributed by atoms with Crippen LogP contribution in [0.25, 0.3) is 0 Å². The Morgan fingerprint density at radius 2 is 1.75 bits per heavy atom. The molecule has 0 radical (unpaired) electrons. The first-order valence-corrected chi connectivity index (χ1v) is 9.51. The molecule has 0 bridgehead atoms. The maximum Gasteiger partial charge on any atom is 0.266 e. The Kier molecular flexibility index (Phi) is 6.04. The van der Waals surface area contributed by atoms with E-state index in [0.29, 0.717) is 10.6 Å². The molecule has 2 aromatic rings. The normalized spacial score (nSPS) is 11.4. The van der Waals surface area contributed by atoms with Crippen LogP contribution in [0.5, 0.6) is 0 Å². The molecule has 9 heteroatoms. The van der Waals surface area contributed by atoms with E-state index < -0.39 is 21.8 Å². The van der Waals surface area contributed by atoms with Gasteiger partial charge in [-0.05, 0) is 54.4 Å². The van der Waals surface area contributed by atoms with E-state index in [1.165, 1.54) is 24.3 Å². The number of carbonyl (C=O) groups excluding carboxylic acids is 1. The third kappa shape index (κ3) is 3.98. The van der Waals surface area contributed by atoms with Gasteiger partial charge in [-0.15, -0.1) is 0 Å². The van der Waals surface area contributed by atoms with Gasteiger partial charge in [-0.3, -0.25) is 9.10 Å². The van der Waals surface area contributed by atoms with Crippen LogP contribution in [0.3, 0.4) is 0 Å². The largest absolute Gasteiger partial charge is 0.279 e. The summed E-state index contributed by atoms with van der Waals surface area (Å²) in [6.07, 6.45) is 0. The zero-order valence-corrected chi connectivity index (χ0v) is 16.1. The first-order valence-electron chi connectivity index (χ1n) is 6.56. The highest BCUT2D eigenvalue weighted by Gasteiger charge is 2.30. The molecule has 128 valence electrons. The lowest BCUT2D eigenvalue weighted by Gasteiger charge is -2.25. The van der Waals surface area contributed by atoms with Crippen LogP contribution in [0.1, 0.15) is 5.56 Å². The highest BCUT2D eigenvalue weighted by atomic mass is 35.5. The van der Waals surface area contributed by atoms with Crippen molar-refractivity contribution in [2.75, 3.05) is 10.8 Å². The maximum atomic E-state index is 13.0. The van der Waals surface area contributed by atoms with E-state index >= 15 is 0 Å². The molecule has 0 spiro atoms. The number of nitrogens with zero attached hydrogens (tertiary/aromatic N) is 1. The molecule has 2 rings (SSSR count). The molecule has 0 N–H and O–H groups in total. The second-order valence-electron chi connectivity index (χ2n) is 4.83. The van der Waals surface area contributed by atoms with E-state index in [1.807, 2.05) is 0 Å². The maximum absolute atomic E-state index is 13.0. The summed E-state index contributed by atoms with van der Waals surface area (Å²) in [6, 6.07) is 8.75. The molecule has 0 saturated carbocycles. The Bertz CT molecular complexity index is 900. The van der Waals surface area contributed by atoms with Crippen LogP contribution in [-0.4, -0.2) is 20.2 Å². The Balaban J connectivity index is 2.69. The van der Waals surface area contributed by atoms with Gasteiger partial charge in [0.05, 0.1) is 10.7 Å². The standard InChI is InChI=1S/C15H11Cl4NO3S/c1-9-11(17)3-2-4-13(9)20(8-15(19)21)24(22,23)14-7-10(16)5-6-12(14)18/h2-7H,8H2,1H3. The molecule has 4 nitrogen and oxygen atoms in total. The molecule has 0 aliphatic carbocycles. The molecular formula is C15H11Cl4NO3S. The Hall–Kier alpha value is -0.980. The fraction of sp³-hybridized carbons (Fsp3) is 0.133. The van der Waals surface area contributed by atoms with Crippen LogP contribution < -0.4 is 4.31 Å². The molecule has 0 unspecified atom stereocenters. The summed E-state index contributed by atoms with van der Waals surface area (Å²) in [4.78, 5) is 11.2. The van der Waals surface area contributed by atoms with E-state index in [9.17, 15) is 13.2 Å². The molecule has 2 aromatic carbocycles. The van der Waals surface area contributed by atoms with Crippen LogP contribution in [0, 0.1) is 6.92 Å². The fourth-order valence-corrected chi connectivity index (χ4v) is 4.65. The second kappa shape index (κ2) is 7.50. The highest BCUT2D eigenvalue weighted by molar-refractivity contribution is 7.93. The summed E-state index contributed by atoms with van der Waals surface area (Å²) in [7, 11) is -4.19. The van der Waals surface area contributed by atoms with Crippen molar-refractivity contribution in [1.29, 1.82) is 0 Å². The molecule has 0 heterocycles. The molecule has 24 heavy (non-hydrogen) atoms. The van der Waals surface area contributed by atoms with Gasteiger partial charge in [0.1, 0.15) is 11.4 Å². The fourth-order valence-electron chi connectivity index (χ4n) is 2.07. The van der Waals surface area contributed by atoms with Crippen LogP contribution in [0.4, 0.5) is 5.69 Å². The van der Waals surface area contributed by atoms with E-state index in [-0.39, 0.29) is 20.6 Å². The van der Waals surface area contributed by atoms with Gasteiger partial charge in [-0.25, -0.2) is 8.42 Å². The molecule has 0 aromatic heterocycles. The summed E-state index contributed by atoms with van der Waals surface area (Å²) in [6.45, 7) is 1.06. The Labute approximate surface area is 159 Å². The van der Waals surface area contributed by atoms with Crippen molar-refractivity contribution >= 4 is 67.4 Å². The topological polar surface area (TPSA) is 54.5 Å². The number of sulfonamides is 1. The van der Waals surface area contributed by atoms with Gasteiger partial charge in [-0.2, -0.15) is 0 Å². The number of carbonyl (C=O) groups is 1. The minimum absolute atomic E-state index is 0.0221. The second-order valence-corrected chi connectivity index (χ2v) is 8.33. The number of anilines is 1. The zero-order chi connectivity index (χ0) is 18.1. The van der Waals surface area contributed by atoms with Gasteiger partial charge in [0.25, 0.3) is 10.0 Å². The average molecular weight is 427 g/mol. The zero-order valence-electron chi connectivity index (χ0n) is 12.3. The van der Waals surface area contributed by atoms with Gasteiger partial charge in [0.15, 0.2) is 0 Å². The third-order valence-electron chi connectivity index (χ3n) is 3.24. The SMILES string of the molecule is Cc1c(Cl)cccc1N(CC(=O)Cl)S(=O)(=O)c1cc(Cl)ccc1Cl. The Morgan fingerprint density at radius 1 is 1.08 bits per heavy atom. The number of halogens is 4. The van der Waals surface area contributed by atoms with E-state index in [2.05, 4.69) is 0 Å². The van der Waals surface area contributed by atoms with Gasteiger partial charge in [-0.1, -0.05) is 40.9 Å². The number of benzene rings is 2. The quantitative estimate of drug-likeness (QED) is 0.637. The predicted octanol–water partition coefficient (Wildman–Crippen LogP) is 4.92. The van der Waals surface area contributed by atoms with Crippen LogP contribution >= 0.6 is 46.4 Å². The molecule has 0 fully saturated rings. The van der Waals surface area contributed by atoms with E-state index in [1.54, 1.807) is 19.1 Å². The molecule has 0 aliphatic rings. The summed E-state index contributed by atoms with van der Waals surface area (Å²) >= 11 is 23.4. The Morgan fingerprint density at radius 3 is 2.38 bits per heavy atom. The van der Waals surface area contributed by atoms with Crippen molar-refractivity contribution in [1.82, 2.24) is 0 Å². The predicted molar refractivity (Wildman–Crippen MR) is 98.0 cm³/mol. The van der Waals surface area contributed by atoms with Crippen molar-refractivity contribution in [3.05, 3.63) is 57.0 Å². The average Bonchev–Trinajstić information content (AvgIpc) is 2.50. The summed E-state index contributed by atoms with van der Waals surface area (Å²) in [5, 5.41) is -0.327. The molecule has 0 saturated heterocycles. The third-order valence-corrected chi connectivity index (χ3v) is 6.24. The first kappa shape index (κ1) is 19.3. The van der Waals surface area contributed by atoms with Gasteiger partial charge < -0.3 is 0 Å². The van der Waals surface area contributed by atoms with Gasteiger partial charge in [0, 0.05) is 10.0 Å². The first-order chi connectivity index (χ1) is 11.1. The van der Waals surface area contributed by atoms with E-state index in [0.717, 1.165) is 4.31 Å². The van der Waals surface area contributed by atoms with Crippen molar-refractivity contribution in [3.63, 3.8) is 0 Å². The molecule has 0 atom stereocenters. The minimum atomic E-state index is -4.19.